The second-order valence-corrected chi connectivity index (χ2v) is 5.81. The van der Waals surface area contributed by atoms with Gasteiger partial charge in [-0.1, -0.05) is 19.3 Å². The van der Waals surface area contributed by atoms with E-state index in [1.807, 2.05) is 12.1 Å². The summed E-state index contributed by atoms with van der Waals surface area (Å²) in [5, 5.41) is 3.50. The van der Waals surface area contributed by atoms with Crippen molar-refractivity contribution in [3.05, 3.63) is 30.1 Å². The molecule has 0 bridgehead atoms. The molecule has 0 saturated heterocycles. The molecule has 0 amide bonds. The van der Waals surface area contributed by atoms with E-state index in [1.54, 1.807) is 12.1 Å². The van der Waals surface area contributed by atoms with E-state index in [-0.39, 0.29) is 5.82 Å². The van der Waals surface area contributed by atoms with E-state index in [0.29, 0.717) is 6.04 Å². The van der Waals surface area contributed by atoms with Crippen LogP contribution in [0, 0.1) is 11.7 Å². The van der Waals surface area contributed by atoms with Crippen LogP contribution >= 0.6 is 0 Å². The predicted molar refractivity (Wildman–Crippen MR) is 83.7 cm³/mol. The predicted octanol–water partition coefficient (Wildman–Crippen LogP) is 3.82. The van der Waals surface area contributed by atoms with Gasteiger partial charge in [0.1, 0.15) is 5.82 Å². The van der Waals surface area contributed by atoms with Gasteiger partial charge in [0.05, 0.1) is 0 Å². The Morgan fingerprint density at radius 3 is 2.40 bits per heavy atom. The van der Waals surface area contributed by atoms with Crippen molar-refractivity contribution < 1.29 is 4.39 Å². The van der Waals surface area contributed by atoms with E-state index in [0.717, 1.165) is 24.7 Å². The summed E-state index contributed by atoms with van der Waals surface area (Å²) in [7, 11) is 2.07. The minimum atomic E-state index is -0.165. The first-order valence-corrected chi connectivity index (χ1v) is 7.92. The SMILES string of the molecule is CCN(CC(NC)C1CCCCC1)c1ccc(F)cc1. The topological polar surface area (TPSA) is 15.3 Å². The van der Waals surface area contributed by atoms with Crippen LogP contribution in [0.1, 0.15) is 39.0 Å². The molecule has 2 nitrogen and oxygen atoms in total. The van der Waals surface area contributed by atoms with Gasteiger partial charge in [-0.2, -0.15) is 0 Å². The van der Waals surface area contributed by atoms with Crippen LogP contribution in [0.3, 0.4) is 0 Å². The van der Waals surface area contributed by atoms with Gasteiger partial charge in [0.15, 0.2) is 0 Å². The van der Waals surface area contributed by atoms with Crippen LogP contribution in [0.25, 0.3) is 0 Å². The highest BCUT2D eigenvalue weighted by atomic mass is 19.1. The Kier molecular flexibility index (Phi) is 5.84. The number of anilines is 1. The summed E-state index contributed by atoms with van der Waals surface area (Å²) in [6.07, 6.45) is 6.80. The van der Waals surface area contributed by atoms with Gasteiger partial charge in [-0.3, -0.25) is 0 Å². The first kappa shape index (κ1) is 15.3. The largest absolute Gasteiger partial charge is 0.370 e. The van der Waals surface area contributed by atoms with Gasteiger partial charge in [0.25, 0.3) is 0 Å². The molecule has 1 unspecified atom stereocenters. The van der Waals surface area contributed by atoms with Crippen LogP contribution in [0.2, 0.25) is 0 Å². The minimum Gasteiger partial charge on any atom is -0.370 e. The third-order valence-electron chi connectivity index (χ3n) is 4.58. The van der Waals surface area contributed by atoms with Crippen molar-refractivity contribution in [3.63, 3.8) is 0 Å². The fourth-order valence-corrected chi connectivity index (χ4v) is 3.32. The van der Waals surface area contributed by atoms with Crippen molar-refractivity contribution in [1.29, 1.82) is 0 Å². The standard InChI is InChI=1S/C17H27FN2/c1-3-20(16-11-9-15(18)10-12-16)13-17(19-2)14-7-5-4-6-8-14/h9-12,14,17,19H,3-8,13H2,1-2H3. The fourth-order valence-electron chi connectivity index (χ4n) is 3.32. The molecule has 1 fully saturated rings. The molecule has 20 heavy (non-hydrogen) atoms. The average molecular weight is 278 g/mol. The van der Waals surface area contributed by atoms with E-state index >= 15 is 0 Å². The van der Waals surface area contributed by atoms with Gasteiger partial charge in [0.2, 0.25) is 0 Å². The zero-order valence-corrected chi connectivity index (χ0v) is 12.7. The number of benzene rings is 1. The smallest absolute Gasteiger partial charge is 0.123 e. The van der Waals surface area contributed by atoms with E-state index in [9.17, 15) is 4.39 Å². The molecule has 2 rings (SSSR count). The highest BCUT2D eigenvalue weighted by molar-refractivity contribution is 5.46. The van der Waals surface area contributed by atoms with Crippen molar-refractivity contribution in [2.24, 2.45) is 5.92 Å². The molecule has 1 aromatic carbocycles. The molecule has 1 aliphatic carbocycles. The summed E-state index contributed by atoms with van der Waals surface area (Å²) in [4.78, 5) is 2.34. The summed E-state index contributed by atoms with van der Waals surface area (Å²) in [6, 6.07) is 7.39. The van der Waals surface area contributed by atoms with Crippen molar-refractivity contribution in [3.8, 4) is 0 Å². The molecule has 1 aromatic rings. The molecule has 112 valence electrons. The number of halogens is 1. The molecule has 0 aromatic heterocycles. The molecule has 3 heteroatoms. The molecule has 1 aliphatic rings. The maximum atomic E-state index is 13.0. The van der Waals surface area contributed by atoms with Crippen LogP contribution < -0.4 is 10.2 Å². The van der Waals surface area contributed by atoms with E-state index in [1.165, 1.54) is 32.1 Å². The maximum absolute atomic E-state index is 13.0. The number of nitrogens with zero attached hydrogens (tertiary/aromatic N) is 1. The number of rotatable bonds is 6. The lowest BCUT2D eigenvalue weighted by Crippen LogP contribution is -2.45. The number of likely N-dealkylation sites (N-methyl/N-ethyl adjacent to an activating group) is 2. The van der Waals surface area contributed by atoms with Crippen LogP contribution in [0.5, 0.6) is 0 Å². The zero-order chi connectivity index (χ0) is 14.4. The molecule has 1 N–H and O–H groups in total. The molecule has 0 spiro atoms. The van der Waals surface area contributed by atoms with Gasteiger partial charge >= 0.3 is 0 Å². The Bertz CT molecular complexity index is 384. The quantitative estimate of drug-likeness (QED) is 0.851. The normalized spacial score (nSPS) is 17.9. The fraction of sp³-hybridized carbons (Fsp3) is 0.647. The number of hydrogen-bond acceptors (Lipinski definition) is 2. The summed E-state index contributed by atoms with van der Waals surface area (Å²) in [5.74, 6) is 0.616. The van der Waals surface area contributed by atoms with Gasteiger partial charge in [-0.05, 0) is 57.0 Å². The summed E-state index contributed by atoms with van der Waals surface area (Å²) in [5.41, 5.74) is 1.12. The van der Waals surface area contributed by atoms with E-state index < -0.39 is 0 Å². The first-order valence-electron chi connectivity index (χ1n) is 7.92. The van der Waals surface area contributed by atoms with E-state index in [4.69, 9.17) is 0 Å². The summed E-state index contributed by atoms with van der Waals surface area (Å²) < 4.78 is 13.0. The lowest BCUT2D eigenvalue weighted by molar-refractivity contribution is 0.279. The maximum Gasteiger partial charge on any atom is 0.123 e. The molecular formula is C17H27FN2. The van der Waals surface area contributed by atoms with Crippen molar-refractivity contribution in [2.45, 2.75) is 45.1 Å². The Labute approximate surface area is 122 Å². The summed E-state index contributed by atoms with van der Waals surface area (Å²) in [6.45, 7) is 4.12. The molecule has 1 saturated carbocycles. The van der Waals surface area contributed by atoms with Gasteiger partial charge in [-0.25, -0.2) is 4.39 Å². The Hall–Kier alpha value is -1.09. The van der Waals surface area contributed by atoms with Gasteiger partial charge in [0, 0.05) is 24.8 Å². The number of nitrogens with one attached hydrogen (secondary N) is 1. The molecule has 0 heterocycles. The van der Waals surface area contributed by atoms with Crippen LogP contribution in [0.4, 0.5) is 10.1 Å². The lowest BCUT2D eigenvalue weighted by Gasteiger charge is -2.35. The highest BCUT2D eigenvalue weighted by Crippen LogP contribution is 2.27. The summed E-state index contributed by atoms with van der Waals surface area (Å²) >= 11 is 0. The molecular weight excluding hydrogens is 251 g/mol. The molecule has 1 atom stereocenters. The molecule has 0 radical (unpaired) electrons. The Balaban J connectivity index is 2.01. The monoisotopic (exact) mass is 278 g/mol. The number of hydrogen-bond donors (Lipinski definition) is 1. The van der Waals surface area contributed by atoms with Gasteiger partial charge < -0.3 is 10.2 Å². The van der Waals surface area contributed by atoms with Crippen LogP contribution in [-0.2, 0) is 0 Å². The third kappa shape index (κ3) is 3.95. The third-order valence-corrected chi connectivity index (χ3v) is 4.58. The van der Waals surface area contributed by atoms with Crippen molar-refractivity contribution >= 4 is 5.69 Å². The average Bonchev–Trinajstić information content (AvgIpc) is 2.51. The Morgan fingerprint density at radius 1 is 1.20 bits per heavy atom. The minimum absolute atomic E-state index is 0.165. The van der Waals surface area contributed by atoms with Crippen LogP contribution in [0.15, 0.2) is 24.3 Å². The highest BCUT2D eigenvalue weighted by Gasteiger charge is 2.24. The second kappa shape index (κ2) is 7.63. The molecule has 0 aliphatic heterocycles. The lowest BCUT2D eigenvalue weighted by atomic mass is 9.83. The van der Waals surface area contributed by atoms with Gasteiger partial charge in [-0.15, -0.1) is 0 Å². The van der Waals surface area contributed by atoms with E-state index in [2.05, 4.69) is 24.2 Å². The Morgan fingerprint density at radius 2 is 1.85 bits per heavy atom. The van der Waals surface area contributed by atoms with Crippen molar-refractivity contribution in [1.82, 2.24) is 5.32 Å². The first-order chi connectivity index (χ1) is 9.74. The second-order valence-electron chi connectivity index (χ2n) is 5.81. The zero-order valence-electron chi connectivity index (χ0n) is 12.7. The van der Waals surface area contributed by atoms with Crippen molar-refractivity contribution in [2.75, 3.05) is 25.0 Å². The van der Waals surface area contributed by atoms with Crippen LogP contribution in [-0.4, -0.2) is 26.2 Å².